The van der Waals surface area contributed by atoms with E-state index in [1.54, 1.807) is 33.6 Å². The number of hydrogen-bond donors (Lipinski definition) is 0. The summed E-state index contributed by atoms with van der Waals surface area (Å²) in [6.07, 6.45) is 14.9. The van der Waals surface area contributed by atoms with Crippen LogP contribution in [-0.2, 0) is 25.7 Å². The highest BCUT2D eigenvalue weighted by Crippen LogP contribution is 2.44. The summed E-state index contributed by atoms with van der Waals surface area (Å²) in [7, 11) is 4.58. The highest BCUT2D eigenvalue weighted by Gasteiger charge is 2.37. The molecule has 218 valence electrons. The van der Waals surface area contributed by atoms with Gasteiger partial charge in [-0.1, -0.05) is 0 Å². The summed E-state index contributed by atoms with van der Waals surface area (Å²) in [6, 6.07) is 10.6. The molecule has 0 saturated carbocycles. The maximum absolute atomic E-state index is 2.68. The first-order valence-electron chi connectivity index (χ1n) is 16.7. The largest absolute Gasteiger partial charge is 0.371 e. The molecule has 2 aromatic carbocycles. The molecule has 7 heterocycles. The summed E-state index contributed by atoms with van der Waals surface area (Å²) in [6.45, 7) is 9.32. The number of anilines is 5. The third kappa shape index (κ3) is 3.79. The van der Waals surface area contributed by atoms with Gasteiger partial charge in [0.1, 0.15) is 11.4 Å². The van der Waals surface area contributed by atoms with Crippen LogP contribution in [0.25, 0.3) is 0 Å². The quantitative estimate of drug-likeness (QED) is 0.430. The van der Waals surface area contributed by atoms with E-state index in [-0.39, 0.29) is 6.04 Å². The number of benzene rings is 2. The van der Waals surface area contributed by atoms with E-state index >= 15 is 0 Å². The Bertz CT molecular complexity index is 1400. The van der Waals surface area contributed by atoms with Gasteiger partial charge in [0.15, 0.2) is 12.4 Å². The fraction of sp³-hybridized carbons (Fsp3) is 0.528. The van der Waals surface area contributed by atoms with Gasteiger partial charge in [-0.2, -0.15) is 4.57 Å². The molecule has 3 aromatic rings. The third-order valence-corrected chi connectivity index (χ3v) is 11.2. The van der Waals surface area contributed by atoms with Crippen LogP contribution in [0.15, 0.2) is 36.7 Å². The van der Waals surface area contributed by atoms with Crippen LogP contribution < -0.4 is 29.1 Å². The molecule has 0 spiro atoms. The first-order chi connectivity index (χ1) is 20.6. The molecule has 1 aromatic heterocycles. The van der Waals surface area contributed by atoms with Crippen molar-refractivity contribution < 1.29 is 4.57 Å². The van der Waals surface area contributed by atoms with E-state index in [4.69, 9.17) is 0 Å². The van der Waals surface area contributed by atoms with Crippen molar-refractivity contribution in [2.75, 3.05) is 91.0 Å². The van der Waals surface area contributed by atoms with Gasteiger partial charge in [0.2, 0.25) is 6.04 Å². The molecule has 0 bridgehead atoms. The smallest absolute Gasteiger partial charge is 0.209 e. The van der Waals surface area contributed by atoms with Crippen molar-refractivity contribution in [3.05, 3.63) is 70.0 Å². The van der Waals surface area contributed by atoms with Crippen molar-refractivity contribution in [1.29, 1.82) is 0 Å². The summed E-state index contributed by atoms with van der Waals surface area (Å²) in [5, 5.41) is 0. The lowest BCUT2D eigenvalue weighted by atomic mass is 9.84. The summed E-state index contributed by atoms with van der Waals surface area (Å²) in [5.41, 5.74) is 16.7. The lowest BCUT2D eigenvalue weighted by molar-refractivity contribution is -0.703. The predicted molar refractivity (Wildman–Crippen MR) is 173 cm³/mol. The van der Waals surface area contributed by atoms with Crippen LogP contribution in [0, 0.1) is 0 Å². The number of likely N-dealkylation sites (N-methyl/N-ethyl adjacent to an activating group) is 2. The van der Waals surface area contributed by atoms with Crippen LogP contribution in [0.5, 0.6) is 0 Å². The minimum Gasteiger partial charge on any atom is -0.371 e. The van der Waals surface area contributed by atoms with Crippen molar-refractivity contribution in [1.82, 2.24) is 0 Å². The molecule has 0 aliphatic carbocycles. The number of aryl methyl sites for hydroxylation is 4. The van der Waals surface area contributed by atoms with Crippen LogP contribution in [0.3, 0.4) is 0 Å². The molecular weight excluding hydrogens is 516 g/mol. The zero-order chi connectivity index (χ0) is 27.9. The summed E-state index contributed by atoms with van der Waals surface area (Å²) in [4.78, 5) is 13.0. The van der Waals surface area contributed by atoms with Crippen LogP contribution >= 0.6 is 0 Å². The van der Waals surface area contributed by atoms with Gasteiger partial charge in [-0.15, -0.1) is 0 Å². The van der Waals surface area contributed by atoms with Gasteiger partial charge in [-0.05, 0) is 97.9 Å². The van der Waals surface area contributed by atoms with E-state index in [1.165, 1.54) is 106 Å². The second-order valence-electron chi connectivity index (χ2n) is 13.8. The standard InChI is InChI=1S/C36H45N6/c1-37-15-17-41-18-16-38(2)32-24-42(23-31(37)36(32)41)35(29-19-25-7-3-11-39-12-4-8-26(20-29)33(25)39)30-21-27-9-5-13-40-14-6-10-28(22-30)34(27)40/h19-24,35H,3-18H2,1-2H3/q+1. The van der Waals surface area contributed by atoms with Gasteiger partial charge in [0.25, 0.3) is 0 Å². The van der Waals surface area contributed by atoms with Gasteiger partial charge >= 0.3 is 0 Å². The molecule has 0 unspecified atom stereocenters. The topological polar surface area (TPSA) is 20.1 Å². The molecule has 0 saturated heterocycles. The van der Waals surface area contributed by atoms with E-state index in [1.807, 2.05) is 0 Å². The van der Waals surface area contributed by atoms with Crippen LogP contribution in [0.1, 0.15) is 65.1 Å². The molecule has 6 aliphatic heterocycles. The first kappa shape index (κ1) is 25.1. The molecule has 42 heavy (non-hydrogen) atoms. The Hall–Kier alpha value is -3.41. The Morgan fingerprint density at radius 1 is 0.500 bits per heavy atom. The van der Waals surface area contributed by atoms with Crippen molar-refractivity contribution >= 4 is 28.4 Å². The van der Waals surface area contributed by atoms with E-state index in [2.05, 4.69) is 79.8 Å². The monoisotopic (exact) mass is 561 g/mol. The molecular formula is C36H45N6+. The third-order valence-electron chi connectivity index (χ3n) is 11.2. The number of nitrogens with zero attached hydrogens (tertiary/aromatic N) is 6. The van der Waals surface area contributed by atoms with Crippen LogP contribution in [0.2, 0.25) is 0 Å². The Morgan fingerprint density at radius 3 is 1.29 bits per heavy atom. The van der Waals surface area contributed by atoms with Gasteiger partial charge in [0.05, 0.1) is 5.69 Å². The molecule has 0 N–H and O–H groups in total. The maximum atomic E-state index is 2.68. The molecule has 6 nitrogen and oxygen atoms in total. The normalized spacial score (nSPS) is 20.5. The second-order valence-corrected chi connectivity index (χ2v) is 13.8. The van der Waals surface area contributed by atoms with Gasteiger partial charge < -0.3 is 24.5 Å². The Kier molecular flexibility index (Phi) is 5.71. The second kappa shape index (κ2) is 9.55. The molecule has 6 aliphatic rings. The summed E-state index contributed by atoms with van der Waals surface area (Å²) < 4.78 is 2.60. The molecule has 0 amide bonds. The minimum absolute atomic E-state index is 0.170. The molecule has 6 heteroatoms. The lowest BCUT2D eigenvalue weighted by Crippen LogP contribution is -2.50. The Morgan fingerprint density at radius 2 is 0.881 bits per heavy atom. The van der Waals surface area contributed by atoms with Crippen molar-refractivity contribution in [3.63, 3.8) is 0 Å². The minimum atomic E-state index is 0.170. The molecule has 0 radical (unpaired) electrons. The Balaban J connectivity index is 1.28. The van der Waals surface area contributed by atoms with Crippen molar-refractivity contribution in [3.8, 4) is 0 Å². The SMILES string of the molecule is CN1CCN2CCN(C)c3c[n+](C(c4cc5c6c(c4)CCCN6CCC5)c4cc5c6c(c4)CCCN6CCC5)cc1c32. The predicted octanol–water partition coefficient (Wildman–Crippen LogP) is 4.72. The van der Waals surface area contributed by atoms with Crippen molar-refractivity contribution in [2.24, 2.45) is 0 Å². The average Bonchev–Trinajstić information content (AvgIpc) is 3.01. The highest BCUT2D eigenvalue weighted by molar-refractivity contribution is 5.85. The van der Waals surface area contributed by atoms with E-state index < -0.39 is 0 Å². The fourth-order valence-corrected chi connectivity index (χ4v) is 9.24. The summed E-state index contributed by atoms with van der Waals surface area (Å²) in [5.74, 6) is 0. The average molecular weight is 562 g/mol. The number of hydrogen-bond acceptors (Lipinski definition) is 5. The first-order valence-corrected chi connectivity index (χ1v) is 16.7. The van der Waals surface area contributed by atoms with Gasteiger partial charge in [0, 0.05) is 89.0 Å². The maximum Gasteiger partial charge on any atom is 0.209 e. The van der Waals surface area contributed by atoms with Crippen LogP contribution in [-0.4, -0.2) is 66.5 Å². The highest BCUT2D eigenvalue weighted by atomic mass is 15.3. The lowest BCUT2D eigenvalue weighted by Gasteiger charge is -2.43. The van der Waals surface area contributed by atoms with E-state index in [9.17, 15) is 0 Å². The number of pyridine rings is 1. The van der Waals surface area contributed by atoms with Crippen LogP contribution in [0.4, 0.5) is 28.4 Å². The van der Waals surface area contributed by atoms with Gasteiger partial charge in [-0.25, -0.2) is 0 Å². The van der Waals surface area contributed by atoms with E-state index in [0.29, 0.717) is 0 Å². The van der Waals surface area contributed by atoms with Crippen molar-refractivity contribution in [2.45, 2.75) is 57.4 Å². The molecule has 0 atom stereocenters. The number of rotatable bonds is 3. The zero-order valence-electron chi connectivity index (χ0n) is 25.5. The van der Waals surface area contributed by atoms with Gasteiger partial charge in [-0.3, -0.25) is 0 Å². The fourth-order valence-electron chi connectivity index (χ4n) is 9.24. The molecule has 0 fully saturated rings. The summed E-state index contributed by atoms with van der Waals surface area (Å²) >= 11 is 0. The molecule has 9 rings (SSSR count). The zero-order valence-corrected chi connectivity index (χ0v) is 25.5. The van der Waals surface area contributed by atoms with E-state index in [0.717, 1.165) is 26.2 Å². The number of aromatic nitrogens is 1. The Labute approximate surface area is 251 Å².